The maximum Gasteiger partial charge on any atom is 0.226 e. The second kappa shape index (κ2) is 7.30. The average Bonchev–Trinajstić information content (AvgIpc) is 3.37. The van der Waals surface area contributed by atoms with Gasteiger partial charge in [-0.2, -0.15) is 0 Å². The van der Waals surface area contributed by atoms with Crippen LogP contribution in [0.5, 0.6) is 0 Å². The van der Waals surface area contributed by atoms with E-state index in [1.54, 1.807) is 11.3 Å². The number of hydrogen-bond donors (Lipinski definition) is 1. The van der Waals surface area contributed by atoms with Crippen molar-refractivity contribution in [1.82, 2.24) is 19.6 Å². The van der Waals surface area contributed by atoms with Gasteiger partial charge in [-0.1, -0.05) is 30.3 Å². The first-order valence-electron chi connectivity index (χ1n) is 10.2. The molecule has 2 fully saturated rings. The number of rotatable bonds is 3. The maximum absolute atomic E-state index is 13.0. The van der Waals surface area contributed by atoms with Crippen molar-refractivity contribution < 1.29 is 9.59 Å². The lowest BCUT2D eigenvalue weighted by molar-refractivity contribution is -0.141. The van der Waals surface area contributed by atoms with E-state index < -0.39 is 0 Å². The van der Waals surface area contributed by atoms with Crippen LogP contribution in [0.4, 0.5) is 0 Å². The van der Waals surface area contributed by atoms with E-state index in [4.69, 9.17) is 4.98 Å². The molecule has 2 amide bonds. The summed E-state index contributed by atoms with van der Waals surface area (Å²) in [4.78, 5) is 32.6. The minimum absolute atomic E-state index is 0.0108. The van der Waals surface area contributed by atoms with Crippen LogP contribution >= 0.6 is 11.3 Å². The van der Waals surface area contributed by atoms with Crippen LogP contribution in [-0.4, -0.2) is 45.7 Å². The van der Waals surface area contributed by atoms with Crippen LogP contribution in [0.15, 0.2) is 48.1 Å². The van der Waals surface area contributed by atoms with Gasteiger partial charge in [-0.05, 0) is 24.8 Å². The summed E-state index contributed by atoms with van der Waals surface area (Å²) < 4.78 is 2.09. The lowest BCUT2D eigenvalue weighted by Crippen LogP contribution is -2.49. The summed E-state index contributed by atoms with van der Waals surface area (Å²) in [5.41, 5.74) is 2.16. The highest BCUT2D eigenvalue weighted by molar-refractivity contribution is 7.15. The first-order chi connectivity index (χ1) is 14.2. The predicted molar refractivity (Wildman–Crippen MR) is 112 cm³/mol. The van der Waals surface area contributed by atoms with Crippen molar-refractivity contribution in [2.24, 2.45) is 5.92 Å². The van der Waals surface area contributed by atoms with Gasteiger partial charge in [0.1, 0.15) is 0 Å². The molecule has 7 heteroatoms. The molecule has 1 unspecified atom stereocenters. The zero-order chi connectivity index (χ0) is 19.8. The molecule has 4 heterocycles. The number of piperidine rings is 2. The van der Waals surface area contributed by atoms with Crippen LogP contribution in [0.25, 0.3) is 4.96 Å². The molecule has 150 valence electrons. The van der Waals surface area contributed by atoms with E-state index in [1.807, 2.05) is 22.5 Å². The van der Waals surface area contributed by atoms with Crippen molar-refractivity contribution >= 4 is 28.1 Å². The SMILES string of the molecule is O=C1CC(C(=O)N2CCC(c3ccccc3)(c3cn4ccsc4n3)CC2)CCN1. The Hall–Kier alpha value is -2.67. The summed E-state index contributed by atoms with van der Waals surface area (Å²) in [6.45, 7) is 1.98. The minimum atomic E-state index is -0.187. The molecule has 5 rings (SSSR count). The Kier molecular flexibility index (Phi) is 4.62. The Morgan fingerprint density at radius 2 is 2.00 bits per heavy atom. The summed E-state index contributed by atoms with van der Waals surface area (Å²) in [5.74, 6) is -0.0541. The fourth-order valence-corrected chi connectivity index (χ4v) is 5.47. The molecule has 0 aliphatic carbocycles. The topological polar surface area (TPSA) is 66.7 Å². The van der Waals surface area contributed by atoms with Gasteiger partial charge in [-0.3, -0.25) is 14.0 Å². The number of nitrogens with one attached hydrogen (secondary N) is 1. The van der Waals surface area contributed by atoms with Gasteiger partial charge in [0.25, 0.3) is 0 Å². The standard InChI is InChI=1S/C22H24N4O2S/c27-19-14-16(6-9-23-19)20(28)25-10-7-22(8-11-25,17-4-2-1-3-5-17)18-15-26-12-13-29-21(26)24-18/h1-5,12-13,15-16H,6-11,14H2,(H,23,27). The number of fused-ring (bicyclic) bond motifs is 1. The van der Waals surface area contributed by atoms with Gasteiger partial charge >= 0.3 is 0 Å². The van der Waals surface area contributed by atoms with Crippen molar-refractivity contribution in [1.29, 1.82) is 0 Å². The quantitative estimate of drug-likeness (QED) is 0.725. The molecular weight excluding hydrogens is 384 g/mol. The normalized spacial score (nSPS) is 21.9. The number of benzene rings is 1. The largest absolute Gasteiger partial charge is 0.356 e. The number of aromatic nitrogens is 2. The fourth-order valence-electron chi connectivity index (χ4n) is 4.77. The van der Waals surface area contributed by atoms with Gasteiger partial charge in [-0.25, -0.2) is 4.98 Å². The summed E-state index contributed by atoms with van der Waals surface area (Å²) in [6, 6.07) is 10.5. The van der Waals surface area contributed by atoms with E-state index in [0.29, 0.717) is 26.1 Å². The molecule has 1 aromatic carbocycles. The number of likely N-dealkylation sites (tertiary alicyclic amines) is 1. The Morgan fingerprint density at radius 1 is 1.21 bits per heavy atom. The zero-order valence-corrected chi connectivity index (χ0v) is 17.0. The number of nitrogens with zero attached hydrogens (tertiary/aromatic N) is 3. The number of imidazole rings is 1. The molecule has 1 N–H and O–H groups in total. The smallest absolute Gasteiger partial charge is 0.226 e. The van der Waals surface area contributed by atoms with Gasteiger partial charge < -0.3 is 10.2 Å². The van der Waals surface area contributed by atoms with Crippen molar-refractivity contribution in [3.63, 3.8) is 0 Å². The molecule has 2 aliphatic rings. The molecule has 0 spiro atoms. The molecule has 2 aromatic heterocycles. The molecule has 0 saturated carbocycles. The molecule has 1 atom stereocenters. The highest BCUT2D eigenvalue weighted by Gasteiger charge is 2.42. The number of carbonyl (C=O) groups excluding carboxylic acids is 2. The van der Waals surface area contributed by atoms with E-state index in [2.05, 4.69) is 40.2 Å². The number of thiazole rings is 1. The van der Waals surface area contributed by atoms with Crippen LogP contribution in [-0.2, 0) is 15.0 Å². The predicted octanol–water partition coefficient (Wildman–Crippen LogP) is 2.83. The summed E-state index contributed by atoms with van der Waals surface area (Å²) in [6.07, 6.45) is 6.92. The number of carbonyl (C=O) groups is 2. The van der Waals surface area contributed by atoms with E-state index in [1.165, 1.54) is 5.56 Å². The van der Waals surface area contributed by atoms with Crippen LogP contribution in [0.2, 0.25) is 0 Å². The third kappa shape index (κ3) is 3.23. The van der Waals surface area contributed by atoms with Crippen molar-refractivity contribution in [3.05, 3.63) is 59.4 Å². The lowest BCUT2D eigenvalue weighted by Gasteiger charge is -2.42. The van der Waals surface area contributed by atoms with Gasteiger partial charge in [0.15, 0.2) is 4.96 Å². The van der Waals surface area contributed by atoms with Crippen LogP contribution in [0.1, 0.15) is 36.9 Å². The summed E-state index contributed by atoms with van der Waals surface area (Å²) in [5, 5.41) is 4.86. The van der Waals surface area contributed by atoms with Gasteiger partial charge in [0.05, 0.1) is 5.69 Å². The monoisotopic (exact) mass is 408 g/mol. The molecule has 2 saturated heterocycles. The van der Waals surface area contributed by atoms with Gasteiger partial charge in [0.2, 0.25) is 11.8 Å². The molecule has 0 bridgehead atoms. The second-order valence-electron chi connectivity index (χ2n) is 8.03. The molecule has 6 nitrogen and oxygen atoms in total. The third-order valence-corrected chi connectivity index (χ3v) is 7.21. The van der Waals surface area contributed by atoms with E-state index in [-0.39, 0.29) is 23.1 Å². The minimum Gasteiger partial charge on any atom is -0.356 e. The third-order valence-electron chi connectivity index (χ3n) is 6.43. The Bertz CT molecular complexity index is 1000. The molecule has 3 aromatic rings. The number of hydrogen-bond acceptors (Lipinski definition) is 4. The van der Waals surface area contributed by atoms with E-state index in [9.17, 15) is 9.59 Å². The molecule has 0 radical (unpaired) electrons. The summed E-state index contributed by atoms with van der Waals surface area (Å²) in [7, 11) is 0. The van der Waals surface area contributed by atoms with Crippen LogP contribution < -0.4 is 5.32 Å². The molecular formula is C22H24N4O2S. The van der Waals surface area contributed by atoms with Gasteiger partial charge in [-0.15, -0.1) is 11.3 Å². The average molecular weight is 409 g/mol. The maximum atomic E-state index is 13.0. The summed E-state index contributed by atoms with van der Waals surface area (Å²) >= 11 is 1.64. The first-order valence-corrected chi connectivity index (χ1v) is 11.1. The van der Waals surface area contributed by atoms with Crippen LogP contribution in [0.3, 0.4) is 0 Å². The van der Waals surface area contributed by atoms with Crippen molar-refractivity contribution in [3.8, 4) is 0 Å². The Morgan fingerprint density at radius 3 is 2.72 bits per heavy atom. The van der Waals surface area contributed by atoms with E-state index >= 15 is 0 Å². The van der Waals surface area contributed by atoms with Crippen molar-refractivity contribution in [2.45, 2.75) is 31.1 Å². The highest BCUT2D eigenvalue weighted by Crippen LogP contribution is 2.42. The fraction of sp³-hybridized carbons (Fsp3) is 0.409. The first kappa shape index (κ1) is 18.4. The van der Waals surface area contributed by atoms with Crippen molar-refractivity contribution in [2.75, 3.05) is 19.6 Å². The zero-order valence-electron chi connectivity index (χ0n) is 16.2. The van der Waals surface area contributed by atoms with Crippen LogP contribution in [0, 0.1) is 5.92 Å². The second-order valence-corrected chi connectivity index (χ2v) is 8.91. The Balaban J connectivity index is 1.42. The Labute approximate surface area is 173 Å². The number of amides is 2. The highest BCUT2D eigenvalue weighted by atomic mass is 32.1. The van der Waals surface area contributed by atoms with E-state index in [0.717, 1.165) is 29.9 Å². The molecule has 29 heavy (non-hydrogen) atoms. The van der Waals surface area contributed by atoms with Gasteiger partial charge in [0, 0.05) is 55.2 Å². The lowest BCUT2D eigenvalue weighted by atomic mass is 9.70. The molecule has 2 aliphatic heterocycles.